The summed E-state index contributed by atoms with van der Waals surface area (Å²) in [5.74, 6) is 0.778. The van der Waals surface area contributed by atoms with E-state index < -0.39 is 0 Å². The van der Waals surface area contributed by atoms with Gasteiger partial charge in [-0.15, -0.1) is 0 Å². The van der Waals surface area contributed by atoms with Gasteiger partial charge in [0.2, 0.25) is 0 Å². The smallest absolute Gasteiger partial charge is 0.0619 e. The first-order valence-electron chi connectivity index (χ1n) is 6.35. The lowest BCUT2D eigenvalue weighted by molar-refractivity contribution is -0.00265. The Hall–Kier alpha value is -0.120. The molecule has 1 aliphatic carbocycles. The van der Waals surface area contributed by atoms with Crippen LogP contribution in [0.5, 0.6) is 0 Å². The predicted molar refractivity (Wildman–Crippen MR) is 61.8 cm³/mol. The Bertz CT molecular complexity index is 198. The van der Waals surface area contributed by atoms with Crippen LogP contribution in [-0.4, -0.2) is 43.3 Å². The van der Waals surface area contributed by atoms with Gasteiger partial charge in [0.1, 0.15) is 0 Å². The van der Waals surface area contributed by atoms with Crippen LogP contribution in [-0.2, 0) is 4.74 Å². The first-order valence-corrected chi connectivity index (χ1v) is 6.35. The minimum atomic E-state index is 0.473. The lowest BCUT2D eigenvalue weighted by Crippen LogP contribution is -2.44. The number of morpholine rings is 1. The van der Waals surface area contributed by atoms with Crippen LogP contribution >= 0.6 is 0 Å². The van der Waals surface area contributed by atoms with E-state index in [2.05, 4.69) is 11.8 Å². The van der Waals surface area contributed by atoms with E-state index in [0.29, 0.717) is 12.1 Å². The second kappa shape index (κ2) is 5.28. The molecule has 2 fully saturated rings. The first-order chi connectivity index (χ1) is 7.27. The fourth-order valence-electron chi connectivity index (χ4n) is 2.85. The Morgan fingerprint density at radius 1 is 1.40 bits per heavy atom. The first kappa shape index (κ1) is 11.4. The molecular weight excluding hydrogens is 188 g/mol. The molecule has 0 radical (unpaired) electrons. The van der Waals surface area contributed by atoms with Crippen LogP contribution in [0.3, 0.4) is 0 Å². The van der Waals surface area contributed by atoms with Crippen molar-refractivity contribution < 1.29 is 4.74 Å². The van der Waals surface area contributed by atoms with Crippen molar-refractivity contribution >= 4 is 0 Å². The maximum absolute atomic E-state index is 6.09. The second-order valence-electron chi connectivity index (χ2n) is 5.10. The van der Waals surface area contributed by atoms with E-state index in [1.54, 1.807) is 0 Å². The fraction of sp³-hybridized carbons (Fsp3) is 1.00. The van der Waals surface area contributed by atoms with Crippen LogP contribution in [0.15, 0.2) is 0 Å². The summed E-state index contributed by atoms with van der Waals surface area (Å²) in [6.45, 7) is 6.37. The zero-order valence-electron chi connectivity index (χ0n) is 9.82. The molecule has 0 aromatic rings. The molecule has 1 heterocycles. The molecule has 3 unspecified atom stereocenters. The van der Waals surface area contributed by atoms with Crippen molar-refractivity contribution in [2.45, 2.75) is 44.7 Å². The third-order valence-corrected chi connectivity index (χ3v) is 4.01. The van der Waals surface area contributed by atoms with Gasteiger partial charge in [-0.3, -0.25) is 4.90 Å². The van der Waals surface area contributed by atoms with E-state index >= 15 is 0 Å². The van der Waals surface area contributed by atoms with Crippen LogP contribution in [0.2, 0.25) is 0 Å². The molecule has 1 saturated carbocycles. The minimum absolute atomic E-state index is 0.473. The van der Waals surface area contributed by atoms with Gasteiger partial charge in [-0.25, -0.2) is 0 Å². The van der Waals surface area contributed by atoms with Crippen molar-refractivity contribution in [1.82, 2.24) is 4.90 Å². The molecule has 0 bridgehead atoms. The Morgan fingerprint density at radius 2 is 2.27 bits per heavy atom. The van der Waals surface area contributed by atoms with Gasteiger partial charge in [0.25, 0.3) is 0 Å². The molecule has 3 atom stereocenters. The summed E-state index contributed by atoms with van der Waals surface area (Å²) in [7, 11) is 0. The van der Waals surface area contributed by atoms with E-state index in [-0.39, 0.29) is 0 Å². The van der Waals surface area contributed by atoms with Crippen LogP contribution < -0.4 is 5.73 Å². The van der Waals surface area contributed by atoms with E-state index in [0.717, 1.165) is 25.7 Å². The Balaban J connectivity index is 1.72. The number of rotatable bonds is 3. The second-order valence-corrected chi connectivity index (χ2v) is 5.10. The zero-order valence-corrected chi connectivity index (χ0v) is 9.82. The van der Waals surface area contributed by atoms with E-state index in [1.165, 1.54) is 32.2 Å². The summed E-state index contributed by atoms with van der Waals surface area (Å²) in [6, 6.07) is 1.07. The van der Waals surface area contributed by atoms with Gasteiger partial charge < -0.3 is 10.5 Å². The highest BCUT2D eigenvalue weighted by Gasteiger charge is 2.25. The van der Waals surface area contributed by atoms with Gasteiger partial charge in [-0.1, -0.05) is 6.42 Å². The monoisotopic (exact) mass is 212 g/mol. The van der Waals surface area contributed by atoms with E-state index in [4.69, 9.17) is 10.5 Å². The average Bonchev–Trinajstić information content (AvgIpc) is 2.63. The summed E-state index contributed by atoms with van der Waals surface area (Å²) in [4.78, 5) is 2.55. The lowest BCUT2D eigenvalue weighted by Gasteiger charge is -2.34. The standard InChI is InChI=1S/C12H24N2O/c1-10-9-15-8-7-14(10)6-5-11-3-2-4-12(11)13/h10-12H,2-9,13H2,1H3. The summed E-state index contributed by atoms with van der Waals surface area (Å²) in [6.07, 6.45) is 5.21. The van der Waals surface area contributed by atoms with Crippen LogP contribution in [0.25, 0.3) is 0 Å². The van der Waals surface area contributed by atoms with Crippen molar-refractivity contribution in [3.05, 3.63) is 0 Å². The highest BCUT2D eigenvalue weighted by Crippen LogP contribution is 2.27. The third-order valence-electron chi connectivity index (χ3n) is 4.01. The highest BCUT2D eigenvalue weighted by atomic mass is 16.5. The van der Waals surface area contributed by atoms with Crippen molar-refractivity contribution in [3.8, 4) is 0 Å². The lowest BCUT2D eigenvalue weighted by atomic mass is 9.99. The average molecular weight is 212 g/mol. The molecule has 3 nitrogen and oxygen atoms in total. The molecule has 2 aliphatic rings. The topological polar surface area (TPSA) is 38.5 Å². The summed E-state index contributed by atoms with van der Waals surface area (Å²) < 4.78 is 5.44. The molecule has 0 aromatic heterocycles. The van der Waals surface area contributed by atoms with Crippen molar-refractivity contribution in [1.29, 1.82) is 0 Å². The molecule has 2 N–H and O–H groups in total. The van der Waals surface area contributed by atoms with E-state index in [1.807, 2.05) is 0 Å². The number of nitrogens with zero attached hydrogens (tertiary/aromatic N) is 1. The van der Waals surface area contributed by atoms with Crippen LogP contribution in [0, 0.1) is 5.92 Å². The molecule has 3 heteroatoms. The van der Waals surface area contributed by atoms with Gasteiger partial charge in [-0.05, 0) is 38.6 Å². The van der Waals surface area contributed by atoms with Gasteiger partial charge in [0.15, 0.2) is 0 Å². The molecular formula is C12H24N2O. The van der Waals surface area contributed by atoms with Gasteiger partial charge in [-0.2, -0.15) is 0 Å². The van der Waals surface area contributed by atoms with Gasteiger partial charge >= 0.3 is 0 Å². The maximum atomic E-state index is 6.09. The normalized spacial score (nSPS) is 38.4. The SMILES string of the molecule is CC1COCCN1CCC1CCCC1N. The number of ether oxygens (including phenoxy) is 1. The molecule has 1 saturated heterocycles. The third kappa shape index (κ3) is 2.92. The molecule has 2 rings (SSSR count). The molecule has 0 spiro atoms. The summed E-state index contributed by atoms with van der Waals surface area (Å²) in [5.41, 5.74) is 6.09. The van der Waals surface area contributed by atoms with Crippen LogP contribution in [0.1, 0.15) is 32.6 Å². The maximum Gasteiger partial charge on any atom is 0.0619 e. The fourth-order valence-corrected chi connectivity index (χ4v) is 2.85. The Labute approximate surface area is 93.0 Å². The molecule has 88 valence electrons. The van der Waals surface area contributed by atoms with Crippen molar-refractivity contribution in [2.75, 3.05) is 26.3 Å². The quantitative estimate of drug-likeness (QED) is 0.764. The number of hydrogen-bond acceptors (Lipinski definition) is 3. The molecule has 1 aliphatic heterocycles. The minimum Gasteiger partial charge on any atom is -0.379 e. The summed E-state index contributed by atoms with van der Waals surface area (Å²) in [5, 5.41) is 0. The molecule has 0 aromatic carbocycles. The highest BCUT2D eigenvalue weighted by molar-refractivity contribution is 4.82. The van der Waals surface area contributed by atoms with Crippen LogP contribution in [0.4, 0.5) is 0 Å². The Kier molecular flexibility index (Phi) is 4.00. The summed E-state index contributed by atoms with van der Waals surface area (Å²) >= 11 is 0. The van der Waals surface area contributed by atoms with Crippen molar-refractivity contribution in [2.24, 2.45) is 11.7 Å². The zero-order chi connectivity index (χ0) is 10.7. The molecule has 15 heavy (non-hydrogen) atoms. The van der Waals surface area contributed by atoms with Gasteiger partial charge in [0, 0.05) is 18.6 Å². The Morgan fingerprint density at radius 3 is 2.93 bits per heavy atom. The molecule has 0 amide bonds. The number of hydrogen-bond donors (Lipinski definition) is 1. The van der Waals surface area contributed by atoms with E-state index in [9.17, 15) is 0 Å². The van der Waals surface area contributed by atoms with Gasteiger partial charge in [0.05, 0.1) is 13.2 Å². The van der Waals surface area contributed by atoms with Crippen molar-refractivity contribution in [3.63, 3.8) is 0 Å². The number of nitrogens with two attached hydrogens (primary N) is 1. The largest absolute Gasteiger partial charge is 0.379 e. The predicted octanol–water partition coefficient (Wildman–Crippen LogP) is 1.22.